The van der Waals surface area contributed by atoms with Gasteiger partial charge < -0.3 is 9.64 Å². The van der Waals surface area contributed by atoms with Crippen LogP contribution in [0.15, 0.2) is 0 Å². The van der Waals surface area contributed by atoms with E-state index in [4.69, 9.17) is 0 Å². The molecule has 0 aromatic heterocycles. The average molecular weight is 351 g/mol. The van der Waals surface area contributed by atoms with Gasteiger partial charge in [-0.15, -0.1) is 0 Å². The zero-order valence-electron chi connectivity index (χ0n) is 13.5. The number of esters is 1. The summed E-state index contributed by atoms with van der Waals surface area (Å²) in [7, 11) is -1.84. The summed E-state index contributed by atoms with van der Waals surface area (Å²) in [4.78, 5) is 25.5. The second-order valence-electron chi connectivity index (χ2n) is 6.88. The van der Waals surface area contributed by atoms with Gasteiger partial charge in [-0.25, -0.2) is 8.42 Å². The number of amides is 1. The topological polar surface area (TPSA) is 80.8 Å². The third-order valence-electron chi connectivity index (χ3n) is 3.45. The molecular weight excluding hydrogens is 326 g/mol. The van der Waals surface area contributed by atoms with Gasteiger partial charge in [0.15, 0.2) is 9.84 Å². The van der Waals surface area contributed by atoms with Crippen LogP contribution in [0, 0.1) is 5.41 Å². The Balaban J connectivity index is 2.90. The highest BCUT2D eigenvalue weighted by molar-refractivity contribution is 7.91. The van der Waals surface area contributed by atoms with Crippen molar-refractivity contribution in [1.29, 1.82) is 0 Å². The van der Waals surface area contributed by atoms with Gasteiger partial charge in [0.25, 0.3) is 0 Å². The van der Waals surface area contributed by atoms with Crippen LogP contribution in [0.5, 0.6) is 0 Å². The normalized spacial score (nSPS) is 22.1. The lowest BCUT2D eigenvalue weighted by Crippen LogP contribution is -2.48. The molecule has 6 nitrogen and oxygen atoms in total. The van der Waals surface area contributed by atoms with E-state index in [1.165, 1.54) is 7.11 Å². The number of rotatable bonds is 5. The highest BCUT2D eigenvalue weighted by Crippen LogP contribution is 2.25. The summed E-state index contributed by atoms with van der Waals surface area (Å²) >= 11 is 4.20. The molecule has 2 atom stereocenters. The fourth-order valence-electron chi connectivity index (χ4n) is 2.44. The molecule has 1 rings (SSSR count). The number of sulfone groups is 1. The Morgan fingerprint density at radius 1 is 1.36 bits per heavy atom. The first-order valence-corrected chi connectivity index (χ1v) is 9.55. The summed E-state index contributed by atoms with van der Waals surface area (Å²) in [6.07, 6.45) is 0.307. The van der Waals surface area contributed by atoms with Crippen molar-refractivity contribution in [2.45, 2.75) is 44.9 Å². The summed E-state index contributed by atoms with van der Waals surface area (Å²) < 4.78 is 27.9. The molecule has 0 N–H and O–H groups in total. The molecular formula is C14H25NO5S2. The summed E-state index contributed by atoms with van der Waals surface area (Å²) in [6.45, 7) is 6.35. The molecule has 1 amide bonds. The largest absolute Gasteiger partial charge is 0.469 e. The zero-order valence-corrected chi connectivity index (χ0v) is 15.2. The minimum Gasteiger partial charge on any atom is -0.469 e. The molecule has 0 aliphatic carbocycles. The Morgan fingerprint density at radius 2 is 1.95 bits per heavy atom. The maximum absolute atomic E-state index is 12.6. The van der Waals surface area contributed by atoms with Crippen LogP contribution >= 0.6 is 12.6 Å². The number of carbonyl (C=O) groups excluding carboxylic acids is 2. The van der Waals surface area contributed by atoms with Gasteiger partial charge >= 0.3 is 5.97 Å². The highest BCUT2D eigenvalue weighted by atomic mass is 32.2. The van der Waals surface area contributed by atoms with Gasteiger partial charge in [-0.05, 0) is 11.8 Å². The van der Waals surface area contributed by atoms with Crippen molar-refractivity contribution in [1.82, 2.24) is 4.90 Å². The van der Waals surface area contributed by atoms with Crippen molar-refractivity contribution >= 4 is 34.3 Å². The van der Waals surface area contributed by atoms with Gasteiger partial charge in [-0.1, -0.05) is 20.8 Å². The number of hydrogen-bond donors (Lipinski definition) is 1. The van der Waals surface area contributed by atoms with Gasteiger partial charge in [-0.2, -0.15) is 12.6 Å². The Morgan fingerprint density at radius 3 is 2.36 bits per heavy atom. The Kier molecular flexibility index (Phi) is 6.32. The van der Waals surface area contributed by atoms with Crippen LogP contribution in [0.2, 0.25) is 0 Å². The standard InChI is InChI=1S/C14H25NO5S2/c1-14(2,3)9-15(10-5-6-22(18,19)8-10)13(17)11(21)7-12(16)20-4/h10-11,21H,5-9H2,1-4H3/t10-,11-/m0/s1. The monoisotopic (exact) mass is 351 g/mol. The first-order valence-electron chi connectivity index (χ1n) is 7.21. The fraction of sp³-hybridized carbons (Fsp3) is 0.857. The van der Waals surface area contributed by atoms with E-state index in [2.05, 4.69) is 17.4 Å². The van der Waals surface area contributed by atoms with E-state index in [1.807, 2.05) is 20.8 Å². The van der Waals surface area contributed by atoms with Gasteiger partial charge in [0, 0.05) is 12.6 Å². The van der Waals surface area contributed by atoms with Crippen molar-refractivity contribution in [3.63, 3.8) is 0 Å². The first kappa shape index (κ1) is 19.3. The van der Waals surface area contributed by atoms with Crippen LogP contribution < -0.4 is 0 Å². The molecule has 0 bridgehead atoms. The maximum Gasteiger partial charge on any atom is 0.307 e. The number of ether oxygens (including phenoxy) is 1. The van der Waals surface area contributed by atoms with E-state index in [1.54, 1.807) is 4.90 Å². The highest BCUT2D eigenvalue weighted by Gasteiger charge is 2.38. The minimum absolute atomic E-state index is 0.0203. The number of hydrogen-bond acceptors (Lipinski definition) is 6. The van der Waals surface area contributed by atoms with Crippen molar-refractivity contribution in [2.75, 3.05) is 25.2 Å². The van der Waals surface area contributed by atoms with Crippen LogP contribution in [-0.4, -0.2) is 61.6 Å². The first-order chi connectivity index (χ1) is 9.95. The molecule has 0 aromatic carbocycles. The third kappa shape index (κ3) is 5.79. The SMILES string of the molecule is COC(=O)C[C@H](S)C(=O)N(CC(C)(C)C)[C@H]1CCS(=O)(=O)C1. The fourth-order valence-corrected chi connectivity index (χ4v) is 4.47. The molecule has 1 saturated heterocycles. The molecule has 0 unspecified atom stereocenters. The predicted molar refractivity (Wildman–Crippen MR) is 87.6 cm³/mol. The molecule has 22 heavy (non-hydrogen) atoms. The summed E-state index contributed by atoms with van der Waals surface area (Å²) in [5.41, 5.74) is -0.180. The maximum atomic E-state index is 12.6. The lowest BCUT2D eigenvalue weighted by atomic mass is 9.94. The number of carbonyl (C=O) groups is 2. The lowest BCUT2D eigenvalue weighted by molar-refractivity contribution is -0.144. The summed E-state index contributed by atoms with van der Waals surface area (Å²) in [5, 5.41) is -0.821. The summed E-state index contributed by atoms with van der Waals surface area (Å²) in [6, 6.07) is -0.343. The second kappa shape index (κ2) is 7.21. The van der Waals surface area contributed by atoms with E-state index in [0.717, 1.165) is 0 Å². The smallest absolute Gasteiger partial charge is 0.307 e. The number of methoxy groups -OCH3 is 1. The molecule has 1 heterocycles. The lowest BCUT2D eigenvalue weighted by Gasteiger charge is -2.35. The molecule has 1 fully saturated rings. The molecule has 0 saturated carbocycles. The van der Waals surface area contributed by atoms with E-state index in [9.17, 15) is 18.0 Å². The van der Waals surface area contributed by atoms with E-state index in [0.29, 0.717) is 13.0 Å². The van der Waals surface area contributed by atoms with Gasteiger partial charge in [0.2, 0.25) is 5.91 Å². The van der Waals surface area contributed by atoms with Crippen LogP contribution in [0.1, 0.15) is 33.6 Å². The molecule has 128 valence electrons. The predicted octanol–water partition coefficient (Wildman–Crippen LogP) is 0.910. The van der Waals surface area contributed by atoms with Crippen molar-refractivity contribution in [2.24, 2.45) is 5.41 Å². The molecule has 0 radical (unpaired) electrons. The molecule has 0 spiro atoms. The molecule has 8 heteroatoms. The number of thiol groups is 1. The van der Waals surface area contributed by atoms with E-state index < -0.39 is 21.1 Å². The quantitative estimate of drug-likeness (QED) is 0.588. The number of nitrogens with zero attached hydrogens (tertiary/aromatic N) is 1. The second-order valence-corrected chi connectivity index (χ2v) is 9.73. The zero-order chi connectivity index (χ0) is 17.1. The Labute approximate surface area is 137 Å². The average Bonchev–Trinajstić information content (AvgIpc) is 2.74. The van der Waals surface area contributed by atoms with E-state index >= 15 is 0 Å². The van der Waals surface area contributed by atoms with Crippen LogP contribution in [0.4, 0.5) is 0 Å². The molecule has 1 aliphatic heterocycles. The van der Waals surface area contributed by atoms with Crippen molar-refractivity contribution in [3.05, 3.63) is 0 Å². The molecule has 1 aliphatic rings. The van der Waals surface area contributed by atoms with Gasteiger partial charge in [-0.3, -0.25) is 9.59 Å². The van der Waals surface area contributed by atoms with Crippen LogP contribution in [0.25, 0.3) is 0 Å². The van der Waals surface area contributed by atoms with Crippen molar-refractivity contribution < 1.29 is 22.7 Å². The van der Waals surface area contributed by atoms with Gasteiger partial charge in [0.1, 0.15) is 0 Å². The van der Waals surface area contributed by atoms with Crippen molar-refractivity contribution in [3.8, 4) is 0 Å². The Hall–Kier alpha value is -0.760. The van der Waals surface area contributed by atoms with Gasteiger partial charge in [0.05, 0.1) is 30.3 Å². The third-order valence-corrected chi connectivity index (χ3v) is 5.60. The van der Waals surface area contributed by atoms with Crippen LogP contribution in [-0.2, 0) is 24.2 Å². The molecule has 0 aromatic rings. The minimum atomic E-state index is -3.09. The summed E-state index contributed by atoms with van der Waals surface area (Å²) in [5.74, 6) is -0.748. The Bertz CT molecular complexity index is 524. The van der Waals surface area contributed by atoms with E-state index in [-0.39, 0.29) is 35.3 Å². The van der Waals surface area contributed by atoms with Crippen LogP contribution in [0.3, 0.4) is 0 Å².